The van der Waals surface area contributed by atoms with Gasteiger partial charge in [-0.25, -0.2) is 13.1 Å². The molecule has 7 nitrogen and oxygen atoms in total. The van der Waals surface area contributed by atoms with Gasteiger partial charge in [0.05, 0.1) is 4.92 Å². The predicted octanol–water partition coefficient (Wildman–Crippen LogP) is 1.17. The average molecular weight is 330 g/mol. The summed E-state index contributed by atoms with van der Waals surface area (Å²) >= 11 is 5.61. The lowest BCUT2D eigenvalue weighted by Gasteiger charge is -2.07. The SMILES string of the molecule is CNCCNS(=O)(=O)c1ccc(Cl)cc1[N+](=O)[O-].Cl. The highest BCUT2D eigenvalue weighted by atomic mass is 35.5. The molecule has 0 aliphatic heterocycles. The summed E-state index contributed by atoms with van der Waals surface area (Å²) in [5.74, 6) is 0. The third kappa shape index (κ3) is 4.92. The van der Waals surface area contributed by atoms with E-state index in [2.05, 4.69) is 10.0 Å². The van der Waals surface area contributed by atoms with Gasteiger partial charge in [0.1, 0.15) is 0 Å². The number of sulfonamides is 1. The zero-order valence-electron chi connectivity index (χ0n) is 9.92. The topological polar surface area (TPSA) is 101 Å². The Labute approximate surface area is 121 Å². The largest absolute Gasteiger partial charge is 0.318 e. The fourth-order valence-electron chi connectivity index (χ4n) is 1.25. The van der Waals surface area contributed by atoms with Crippen molar-refractivity contribution in [3.63, 3.8) is 0 Å². The Morgan fingerprint density at radius 2 is 2.00 bits per heavy atom. The van der Waals surface area contributed by atoms with Crippen molar-refractivity contribution >= 4 is 39.7 Å². The Kier molecular flexibility index (Phi) is 7.24. The number of rotatable bonds is 6. The van der Waals surface area contributed by atoms with E-state index >= 15 is 0 Å². The Morgan fingerprint density at radius 1 is 1.37 bits per heavy atom. The molecule has 0 aliphatic rings. The molecule has 0 aromatic heterocycles. The van der Waals surface area contributed by atoms with Crippen LogP contribution in [0.5, 0.6) is 0 Å². The molecule has 0 atom stereocenters. The summed E-state index contributed by atoms with van der Waals surface area (Å²) < 4.78 is 26.0. The molecule has 0 bridgehead atoms. The zero-order chi connectivity index (χ0) is 13.8. The minimum Gasteiger partial charge on any atom is -0.318 e. The minimum absolute atomic E-state index is 0. The molecule has 0 unspecified atom stereocenters. The number of nitro groups is 1. The highest BCUT2D eigenvalue weighted by Crippen LogP contribution is 2.26. The van der Waals surface area contributed by atoms with Crippen molar-refractivity contribution in [2.45, 2.75) is 4.90 Å². The molecule has 0 spiro atoms. The number of nitrogens with zero attached hydrogens (tertiary/aromatic N) is 1. The summed E-state index contributed by atoms with van der Waals surface area (Å²) in [4.78, 5) is 9.62. The van der Waals surface area contributed by atoms with E-state index in [4.69, 9.17) is 11.6 Å². The number of halogens is 2. The summed E-state index contributed by atoms with van der Waals surface area (Å²) in [5.41, 5.74) is -0.542. The van der Waals surface area contributed by atoms with Crippen molar-refractivity contribution < 1.29 is 13.3 Å². The molecule has 0 amide bonds. The van der Waals surface area contributed by atoms with Gasteiger partial charge in [-0.2, -0.15) is 0 Å². The molecule has 1 aromatic carbocycles. The van der Waals surface area contributed by atoms with Crippen LogP contribution in [0.4, 0.5) is 5.69 Å². The maximum absolute atomic E-state index is 11.9. The summed E-state index contributed by atoms with van der Waals surface area (Å²) in [6.45, 7) is 0.555. The van der Waals surface area contributed by atoms with Gasteiger partial charge >= 0.3 is 0 Å². The summed E-state index contributed by atoms with van der Waals surface area (Å²) in [5, 5.41) is 13.7. The summed E-state index contributed by atoms with van der Waals surface area (Å²) in [6, 6.07) is 3.41. The molecule has 0 saturated carbocycles. The maximum Gasteiger partial charge on any atom is 0.290 e. The number of likely N-dealkylation sites (N-methyl/N-ethyl adjacent to an activating group) is 1. The number of hydrogen-bond acceptors (Lipinski definition) is 5. The number of nitrogens with one attached hydrogen (secondary N) is 2. The van der Waals surface area contributed by atoms with E-state index in [1.807, 2.05) is 0 Å². The van der Waals surface area contributed by atoms with Gasteiger partial charge in [0.2, 0.25) is 10.0 Å². The smallest absolute Gasteiger partial charge is 0.290 e. The van der Waals surface area contributed by atoms with Gasteiger partial charge in [0, 0.05) is 24.2 Å². The zero-order valence-corrected chi connectivity index (χ0v) is 12.3. The quantitative estimate of drug-likeness (QED) is 0.463. The van der Waals surface area contributed by atoms with E-state index in [0.29, 0.717) is 6.54 Å². The third-order valence-corrected chi connectivity index (χ3v) is 3.82. The van der Waals surface area contributed by atoms with E-state index in [1.165, 1.54) is 6.07 Å². The lowest BCUT2D eigenvalue weighted by Crippen LogP contribution is -2.30. The van der Waals surface area contributed by atoms with Crippen LogP contribution in [0, 0.1) is 10.1 Å². The third-order valence-electron chi connectivity index (χ3n) is 2.07. The van der Waals surface area contributed by atoms with Crippen molar-refractivity contribution in [1.29, 1.82) is 0 Å². The molecule has 19 heavy (non-hydrogen) atoms. The summed E-state index contributed by atoms with van der Waals surface area (Å²) in [6.07, 6.45) is 0. The Hall–Kier alpha value is -0.930. The lowest BCUT2D eigenvalue weighted by atomic mass is 10.3. The van der Waals surface area contributed by atoms with Gasteiger partial charge in [-0.05, 0) is 19.2 Å². The van der Waals surface area contributed by atoms with Gasteiger partial charge in [-0.15, -0.1) is 12.4 Å². The van der Waals surface area contributed by atoms with Gasteiger partial charge in [-0.3, -0.25) is 10.1 Å². The van der Waals surface area contributed by atoms with E-state index in [0.717, 1.165) is 12.1 Å². The second-order valence-corrected chi connectivity index (χ2v) is 5.54. The first kappa shape index (κ1) is 18.1. The van der Waals surface area contributed by atoms with Crippen LogP contribution in [0.15, 0.2) is 23.1 Å². The van der Waals surface area contributed by atoms with Gasteiger partial charge in [0.15, 0.2) is 4.90 Å². The molecule has 1 rings (SSSR count). The van der Waals surface area contributed by atoms with Crippen LogP contribution in [0.2, 0.25) is 5.02 Å². The first-order valence-electron chi connectivity index (χ1n) is 4.96. The Bertz CT molecular complexity index is 550. The molecule has 2 N–H and O–H groups in total. The first-order chi connectivity index (χ1) is 8.38. The van der Waals surface area contributed by atoms with Crippen LogP contribution in [0.25, 0.3) is 0 Å². The Balaban J connectivity index is 0.00000324. The molecule has 0 fully saturated rings. The molecule has 108 valence electrons. The van der Waals surface area contributed by atoms with Crippen molar-refractivity contribution in [1.82, 2.24) is 10.0 Å². The maximum atomic E-state index is 11.9. The molecule has 0 saturated heterocycles. The summed E-state index contributed by atoms with van der Waals surface area (Å²) in [7, 11) is -2.25. The minimum atomic E-state index is -3.92. The molecular formula is C9H13Cl2N3O4S. The van der Waals surface area contributed by atoms with Crippen LogP contribution in [-0.4, -0.2) is 33.5 Å². The van der Waals surface area contributed by atoms with E-state index in [1.54, 1.807) is 7.05 Å². The fourth-order valence-corrected chi connectivity index (χ4v) is 2.60. The van der Waals surface area contributed by atoms with Crippen LogP contribution < -0.4 is 10.0 Å². The van der Waals surface area contributed by atoms with Gasteiger partial charge in [0.25, 0.3) is 5.69 Å². The highest BCUT2D eigenvalue weighted by molar-refractivity contribution is 7.89. The van der Waals surface area contributed by atoms with Crippen LogP contribution >= 0.6 is 24.0 Å². The van der Waals surface area contributed by atoms with Crippen molar-refractivity contribution in [3.05, 3.63) is 33.3 Å². The molecule has 1 aromatic rings. The molecule has 10 heteroatoms. The van der Waals surface area contributed by atoms with Crippen molar-refractivity contribution in [2.24, 2.45) is 0 Å². The lowest BCUT2D eigenvalue weighted by molar-refractivity contribution is -0.387. The van der Waals surface area contributed by atoms with Crippen LogP contribution in [0.1, 0.15) is 0 Å². The normalized spacial score (nSPS) is 10.8. The first-order valence-corrected chi connectivity index (χ1v) is 6.83. The fraction of sp³-hybridized carbons (Fsp3) is 0.333. The van der Waals surface area contributed by atoms with Crippen LogP contribution in [0.3, 0.4) is 0 Å². The average Bonchev–Trinajstić information content (AvgIpc) is 2.28. The number of benzene rings is 1. The number of nitro benzene ring substituents is 1. The highest BCUT2D eigenvalue weighted by Gasteiger charge is 2.25. The van der Waals surface area contributed by atoms with E-state index in [9.17, 15) is 18.5 Å². The Morgan fingerprint density at radius 3 is 2.53 bits per heavy atom. The molecule has 0 aliphatic carbocycles. The number of hydrogen-bond donors (Lipinski definition) is 2. The van der Waals surface area contributed by atoms with Gasteiger partial charge < -0.3 is 5.32 Å². The van der Waals surface area contributed by atoms with E-state index in [-0.39, 0.29) is 24.0 Å². The van der Waals surface area contributed by atoms with Gasteiger partial charge in [-0.1, -0.05) is 11.6 Å². The second-order valence-electron chi connectivity index (χ2n) is 3.37. The molecular weight excluding hydrogens is 317 g/mol. The standard InChI is InChI=1S/C9H12ClN3O4S.ClH/c1-11-4-5-12-18(16,17)9-3-2-7(10)6-8(9)13(14)15;/h2-3,6,11-12H,4-5H2,1H3;1H. The van der Waals surface area contributed by atoms with Crippen molar-refractivity contribution in [3.8, 4) is 0 Å². The molecule has 0 radical (unpaired) electrons. The second kappa shape index (κ2) is 7.61. The van der Waals surface area contributed by atoms with E-state index < -0.39 is 25.5 Å². The van der Waals surface area contributed by atoms with Crippen molar-refractivity contribution in [2.75, 3.05) is 20.1 Å². The van der Waals surface area contributed by atoms with Crippen LogP contribution in [-0.2, 0) is 10.0 Å². The monoisotopic (exact) mass is 329 g/mol. The predicted molar refractivity (Wildman–Crippen MR) is 74.5 cm³/mol. The molecule has 0 heterocycles.